The predicted molar refractivity (Wildman–Crippen MR) is 98.6 cm³/mol. The van der Waals surface area contributed by atoms with Gasteiger partial charge in [0.2, 0.25) is 6.79 Å². The van der Waals surface area contributed by atoms with E-state index in [2.05, 4.69) is 10.3 Å². The Morgan fingerprint density at radius 1 is 1.28 bits per heavy atom. The minimum absolute atomic E-state index is 0.110. The van der Waals surface area contributed by atoms with Gasteiger partial charge in [-0.2, -0.15) is 11.3 Å². The molecule has 1 aliphatic heterocycles. The van der Waals surface area contributed by atoms with Gasteiger partial charge < -0.3 is 14.8 Å². The Labute approximate surface area is 153 Å². The summed E-state index contributed by atoms with van der Waals surface area (Å²) >= 11 is 3.04. The van der Waals surface area contributed by atoms with E-state index < -0.39 is 0 Å². The molecule has 0 saturated heterocycles. The van der Waals surface area contributed by atoms with Crippen LogP contribution in [0.2, 0.25) is 0 Å². The summed E-state index contributed by atoms with van der Waals surface area (Å²) in [5.41, 5.74) is 2.78. The molecule has 3 heterocycles. The molecular formula is C18H16N2O3S2. The minimum Gasteiger partial charge on any atom is -0.454 e. The van der Waals surface area contributed by atoms with E-state index in [1.807, 2.05) is 48.9 Å². The molecule has 7 heteroatoms. The van der Waals surface area contributed by atoms with Crippen molar-refractivity contribution in [2.45, 2.75) is 19.9 Å². The number of fused-ring (bicyclic) bond motifs is 1. The summed E-state index contributed by atoms with van der Waals surface area (Å²) in [5, 5.41) is 7.96. The van der Waals surface area contributed by atoms with Gasteiger partial charge in [0.15, 0.2) is 11.5 Å². The Morgan fingerprint density at radius 2 is 2.12 bits per heavy atom. The van der Waals surface area contributed by atoms with Crippen LogP contribution < -0.4 is 14.8 Å². The molecule has 0 spiro atoms. The van der Waals surface area contributed by atoms with Gasteiger partial charge in [-0.25, -0.2) is 4.98 Å². The number of hydrogen-bond donors (Lipinski definition) is 1. The van der Waals surface area contributed by atoms with Crippen LogP contribution in [-0.2, 0) is 0 Å². The first-order chi connectivity index (χ1) is 12.1. The SMILES string of the molecule is Cc1nc(-c2ccsc2)sc1C(=O)N[C@@H](C)c1ccc2c(c1)OCO2. The topological polar surface area (TPSA) is 60.5 Å². The molecule has 1 N–H and O–H groups in total. The van der Waals surface area contributed by atoms with E-state index in [0.717, 1.165) is 27.6 Å². The van der Waals surface area contributed by atoms with Crippen molar-refractivity contribution in [1.82, 2.24) is 10.3 Å². The number of carbonyl (C=O) groups is 1. The largest absolute Gasteiger partial charge is 0.454 e. The first-order valence-corrected chi connectivity index (χ1v) is 9.58. The van der Waals surface area contributed by atoms with Gasteiger partial charge in [0, 0.05) is 10.9 Å². The molecule has 0 saturated carbocycles. The van der Waals surface area contributed by atoms with Crippen LogP contribution in [0.3, 0.4) is 0 Å². The van der Waals surface area contributed by atoms with Crippen LogP contribution in [0.4, 0.5) is 0 Å². The molecule has 4 rings (SSSR count). The first kappa shape index (κ1) is 16.1. The van der Waals surface area contributed by atoms with Gasteiger partial charge in [-0.1, -0.05) is 6.07 Å². The highest BCUT2D eigenvalue weighted by molar-refractivity contribution is 7.17. The van der Waals surface area contributed by atoms with E-state index in [1.165, 1.54) is 11.3 Å². The highest BCUT2D eigenvalue weighted by Crippen LogP contribution is 2.34. The summed E-state index contributed by atoms with van der Waals surface area (Å²) < 4.78 is 10.7. The van der Waals surface area contributed by atoms with Crippen molar-refractivity contribution in [2.24, 2.45) is 0 Å². The summed E-state index contributed by atoms with van der Waals surface area (Å²) in [6, 6.07) is 7.58. The first-order valence-electron chi connectivity index (χ1n) is 7.82. The zero-order valence-corrected chi connectivity index (χ0v) is 15.4. The second kappa shape index (κ2) is 6.50. The molecule has 2 aromatic heterocycles. The molecule has 1 aromatic carbocycles. The molecule has 0 fully saturated rings. The summed E-state index contributed by atoms with van der Waals surface area (Å²) in [6.07, 6.45) is 0. The maximum Gasteiger partial charge on any atom is 0.263 e. The summed E-state index contributed by atoms with van der Waals surface area (Å²) in [7, 11) is 0. The van der Waals surface area contributed by atoms with Crippen LogP contribution in [-0.4, -0.2) is 17.7 Å². The maximum atomic E-state index is 12.7. The lowest BCUT2D eigenvalue weighted by atomic mass is 10.1. The number of carbonyl (C=O) groups excluding carboxylic acids is 1. The molecule has 1 aliphatic rings. The summed E-state index contributed by atoms with van der Waals surface area (Å²) in [5.74, 6) is 1.34. The highest BCUT2D eigenvalue weighted by atomic mass is 32.1. The Hall–Kier alpha value is -2.38. The molecular weight excluding hydrogens is 356 g/mol. The zero-order valence-electron chi connectivity index (χ0n) is 13.7. The lowest BCUT2D eigenvalue weighted by Gasteiger charge is -2.14. The number of nitrogens with zero attached hydrogens (tertiary/aromatic N) is 1. The monoisotopic (exact) mass is 372 g/mol. The van der Waals surface area contributed by atoms with Crippen molar-refractivity contribution in [1.29, 1.82) is 0 Å². The maximum absolute atomic E-state index is 12.7. The third kappa shape index (κ3) is 3.12. The number of aryl methyl sites for hydroxylation is 1. The number of nitrogens with one attached hydrogen (secondary N) is 1. The quantitative estimate of drug-likeness (QED) is 0.737. The number of hydrogen-bond acceptors (Lipinski definition) is 6. The normalized spacial score (nSPS) is 13.7. The molecule has 0 bridgehead atoms. The number of rotatable bonds is 4. The second-order valence-corrected chi connectivity index (χ2v) is 7.53. The van der Waals surface area contributed by atoms with Gasteiger partial charge in [-0.15, -0.1) is 11.3 Å². The summed E-state index contributed by atoms with van der Waals surface area (Å²) in [4.78, 5) is 17.8. The fraction of sp³-hybridized carbons (Fsp3) is 0.222. The lowest BCUT2D eigenvalue weighted by Crippen LogP contribution is -2.26. The van der Waals surface area contributed by atoms with Crippen molar-refractivity contribution in [3.63, 3.8) is 0 Å². The molecule has 0 aliphatic carbocycles. The highest BCUT2D eigenvalue weighted by Gasteiger charge is 2.20. The van der Waals surface area contributed by atoms with E-state index in [4.69, 9.17) is 9.47 Å². The molecule has 5 nitrogen and oxygen atoms in total. The van der Waals surface area contributed by atoms with E-state index in [1.54, 1.807) is 11.3 Å². The molecule has 1 atom stereocenters. The third-order valence-electron chi connectivity index (χ3n) is 4.02. The number of ether oxygens (including phenoxy) is 2. The van der Waals surface area contributed by atoms with Crippen LogP contribution in [0.15, 0.2) is 35.0 Å². The number of benzene rings is 1. The standard InChI is InChI=1S/C18H16N2O3S2/c1-10(12-3-4-14-15(7-12)23-9-22-14)19-17(21)16-11(2)20-18(25-16)13-5-6-24-8-13/h3-8,10H,9H2,1-2H3,(H,19,21)/t10-/m0/s1. The van der Waals surface area contributed by atoms with Gasteiger partial charge in [0.05, 0.1) is 11.7 Å². The van der Waals surface area contributed by atoms with Gasteiger partial charge >= 0.3 is 0 Å². The third-order valence-corrected chi connectivity index (χ3v) is 5.90. The second-order valence-electron chi connectivity index (χ2n) is 5.75. The number of amides is 1. The zero-order chi connectivity index (χ0) is 17.4. The molecule has 0 unspecified atom stereocenters. The molecule has 128 valence electrons. The summed E-state index contributed by atoms with van der Waals surface area (Å²) in [6.45, 7) is 4.06. The Bertz CT molecular complexity index is 919. The minimum atomic E-state index is -0.145. The Balaban J connectivity index is 1.52. The van der Waals surface area contributed by atoms with Gasteiger partial charge in [0.1, 0.15) is 9.88 Å². The molecule has 1 amide bonds. The van der Waals surface area contributed by atoms with Crippen LogP contribution >= 0.6 is 22.7 Å². The predicted octanol–water partition coefficient (Wildman–Crippen LogP) is 4.40. The van der Waals surface area contributed by atoms with Gasteiger partial charge in [-0.05, 0) is 43.0 Å². The van der Waals surface area contributed by atoms with Crippen molar-refractivity contribution in [2.75, 3.05) is 6.79 Å². The van der Waals surface area contributed by atoms with Crippen LogP contribution in [0.1, 0.15) is 33.9 Å². The van der Waals surface area contributed by atoms with Crippen LogP contribution in [0, 0.1) is 6.92 Å². The van der Waals surface area contributed by atoms with E-state index in [0.29, 0.717) is 10.6 Å². The van der Waals surface area contributed by atoms with Crippen molar-refractivity contribution >= 4 is 28.6 Å². The lowest BCUT2D eigenvalue weighted by molar-refractivity contribution is 0.0943. The molecule has 0 radical (unpaired) electrons. The fourth-order valence-electron chi connectivity index (χ4n) is 2.64. The molecule has 3 aromatic rings. The van der Waals surface area contributed by atoms with Crippen LogP contribution in [0.25, 0.3) is 10.6 Å². The van der Waals surface area contributed by atoms with Gasteiger partial charge in [-0.3, -0.25) is 4.79 Å². The van der Waals surface area contributed by atoms with Gasteiger partial charge in [0.25, 0.3) is 5.91 Å². The fourth-order valence-corrected chi connectivity index (χ4v) is 4.33. The van der Waals surface area contributed by atoms with Crippen LogP contribution in [0.5, 0.6) is 11.5 Å². The van der Waals surface area contributed by atoms with Crippen molar-refractivity contribution in [3.05, 3.63) is 51.2 Å². The number of aromatic nitrogens is 1. The van der Waals surface area contributed by atoms with Crippen molar-refractivity contribution < 1.29 is 14.3 Å². The average molecular weight is 372 g/mol. The Morgan fingerprint density at radius 3 is 2.92 bits per heavy atom. The van der Waals surface area contributed by atoms with E-state index in [-0.39, 0.29) is 18.7 Å². The number of thiophene rings is 1. The smallest absolute Gasteiger partial charge is 0.263 e. The Kier molecular flexibility index (Phi) is 4.19. The average Bonchev–Trinajstić information content (AvgIpc) is 3.34. The van der Waals surface area contributed by atoms with E-state index in [9.17, 15) is 4.79 Å². The molecule has 25 heavy (non-hydrogen) atoms. The van der Waals surface area contributed by atoms with Crippen molar-refractivity contribution in [3.8, 4) is 22.1 Å². The van der Waals surface area contributed by atoms with E-state index >= 15 is 0 Å². The number of thiazole rings is 1.